The van der Waals surface area contributed by atoms with Crippen LogP contribution in [-0.2, 0) is 6.54 Å². The number of nitrogens with two attached hydrogens (primary N) is 1. The summed E-state index contributed by atoms with van der Waals surface area (Å²) >= 11 is 0. The van der Waals surface area contributed by atoms with Crippen LogP contribution < -0.4 is 5.73 Å². The number of aliphatic hydroxyl groups excluding tert-OH is 1. The van der Waals surface area contributed by atoms with Crippen molar-refractivity contribution >= 4 is 11.4 Å². The molecule has 1 aromatic rings. The minimum Gasteiger partial charge on any atom is -0.398 e. The van der Waals surface area contributed by atoms with E-state index in [1.807, 2.05) is 0 Å². The fourth-order valence-corrected chi connectivity index (χ4v) is 2.64. The molecule has 6 heteroatoms. The molecule has 0 amide bonds. The van der Waals surface area contributed by atoms with Crippen LogP contribution in [0.25, 0.3) is 0 Å². The van der Waals surface area contributed by atoms with E-state index in [4.69, 9.17) is 5.73 Å². The molecule has 0 radical (unpaired) electrons. The van der Waals surface area contributed by atoms with Gasteiger partial charge in [0.2, 0.25) is 0 Å². The predicted molar refractivity (Wildman–Crippen MR) is 72.6 cm³/mol. The second kappa shape index (κ2) is 5.54. The predicted octanol–water partition coefficient (Wildman–Crippen LogP) is 1.38. The zero-order chi connectivity index (χ0) is 14.0. The monoisotopic (exact) mass is 265 g/mol. The average Bonchev–Trinajstić information content (AvgIpc) is 2.72. The zero-order valence-corrected chi connectivity index (χ0v) is 11.0. The van der Waals surface area contributed by atoms with E-state index >= 15 is 0 Å². The molecular formula is C13H19N3O3. The van der Waals surface area contributed by atoms with Gasteiger partial charge in [0.15, 0.2) is 0 Å². The van der Waals surface area contributed by atoms with Crippen LogP contribution in [-0.4, -0.2) is 34.1 Å². The van der Waals surface area contributed by atoms with Gasteiger partial charge in [0.05, 0.1) is 11.5 Å². The van der Waals surface area contributed by atoms with E-state index in [0.29, 0.717) is 18.2 Å². The normalized spacial score (nSPS) is 23.7. The average molecular weight is 265 g/mol. The molecule has 0 spiro atoms. The lowest BCUT2D eigenvalue weighted by molar-refractivity contribution is -0.384. The molecule has 0 bridgehead atoms. The largest absolute Gasteiger partial charge is 0.398 e. The van der Waals surface area contributed by atoms with Crippen LogP contribution in [0.2, 0.25) is 0 Å². The van der Waals surface area contributed by atoms with Crippen molar-refractivity contribution in [2.45, 2.75) is 25.9 Å². The molecule has 0 aliphatic carbocycles. The van der Waals surface area contributed by atoms with Crippen molar-refractivity contribution in [1.29, 1.82) is 0 Å². The van der Waals surface area contributed by atoms with Gasteiger partial charge in [0, 0.05) is 30.4 Å². The Balaban J connectivity index is 2.18. The summed E-state index contributed by atoms with van der Waals surface area (Å²) in [6, 6.07) is 4.61. The summed E-state index contributed by atoms with van der Waals surface area (Å²) in [7, 11) is 0. The molecule has 0 saturated carbocycles. The third-order valence-corrected chi connectivity index (χ3v) is 3.90. The Bertz CT molecular complexity index is 478. The molecule has 2 unspecified atom stereocenters. The number of aliphatic hydroxyl groups is 1. The minimum absolute atomic E-state index is 0.0528. The van der Waals surface area contributed by atoms with Crippen LogP contribution in [0, 0.1) is 16.0 Å². The van der Waals surface area contributed by atoms with Gasteiger partial charge in [-0.15, -0.1) is 0 Å². The first-order chi connectivity index (χ1) is 9.02. The molecular weight excluding hydrogens is 246 g/mol. The zero-order valence-electron chi connectivity index (χ0n) is 11.0. The number of hydrogen-bond acceptors (Lipinski definition) is 5. The fraction of sp³-hybridized carbons (Fsp3) is 0.538. The third kappa shape index (κ3) is 2.85. The molecule has 1 saturated heterocycles. The molecule has 2 atom stereocenters. The lowest BCUT2D eigenvalue weighted by Gasteiger charge is -2.25. The van der Waals surface area contributed by atoms with E-state index in [2.05, 4.69) is 11.8 Å². The van der Waals surface area contributed by atoms with Crippen LogP contribution >= 0.6 is 0 Å². The molecule has 6 nitrogen and oxygen atoms in total. The fourth-order valence-electron chi connectivity index (χ4n) is 2.64. The van der Waals surface area contributed by atoms with Crippen molar-refractivity contribution in [1.82, 2.24) is 4.90 Å². The Labute approximate surface area is 112 Å². The maximum Gasteiger partial charge on any atom is 0.269 e. The number of nitrogen functional groups attached to an aromatic ring is 1. The Hall–Kier alpha value is -1.66. The molecule has 1 fully saturated rings. The highest BCUT2D eigenvalue weighted by Crippen LogP contribution is 2.28. The number of nitro benzene ring substituents is 1. The van der Waals surface area contributed by atoms with Gasteiger partial charge < -0.3 is 10.8 Å². The number of anilines is 1. The number of nitrogens with zero attached hydrogens (tertiary/aromatic N) is 2. The molecule has 3 N–H and O–H groups in total. The van der Waals surface area contributed by atoms with Crippen molar-refractivity contribution in [3.05, 3.63) is 33.9 Å². The number of nitro groups is 1. The van der Waals surface area contributed by atoms with Crippen LogP contribution in [0.4, 0.5) is 11.4 Å². The van der Waals surface area contributed by atoms with Gasteiger partial charge in [-0.2, -0.15) is 0 Å². The number of benzene rings is 1. The van der Waals surface area contributed by atoms with E-state index in [0.717, 1.165) is 18.5 Å². The molecule has 1 aliphatic rings. The highest BCUT2D eigenvalue weighted by molar-refractivity contribution is 5.52. The Morgan fingerprint density at radius 3 is 2.95 bits per heavy atom. The second-order valence-corrected chi connectivity index (χ2v) is 5.13. The number of rotatable bonds is 4. The van der Waals surface area contributed by atoms with E-state index in [9.17, 15) is 15.2 Å². The van der Waals surface area contributed by atoms with Crippen LogP contribution in [0.1, 0.15) is 18.9 Å². The maximum absolute atomic E-state index is 10.8. The first-order valence-electron chi connectivity index (χ1n) is 6.40. The van der Waals surface area contributed by atoms with Crippen molar-refractivity contribution in [3.8, 4) is 0 Å². The van der Waals surface area contributed by atoms with Crippen LogP contribution in [0.5, 0.6) is 0 Å². The highest BCUT2D eigenvalue weighted by atomic mass is 16.6. The molecule has 104 valence electrons. The first-order valence-corrected chi connectivity index (χ1v) is 6.40. The van der Waals surface area contributed by atoms with Crippen LogP contribution in [0.3, 0.4) is 0 Å². The van der Waals surface area contributed by atoms with E-state index < -0.39 is 4.92 Å². The van der Waals surface area contributed by atoms with Crippen molar-refractivity contribution < 1.29 is 10.0 Å². The summed E-state index contributed by atoms with van der Waals surface area (Å²) in [6.45, 7) is 3.64. The van der Waals surface area contributed by atoms with Gasteiger partial charge in [0.25, 0.3) is 5.69 Å². The first kappa shape index (κ1) is 13.8. The lowest BCUT2D eigenvalue weighted by atomic mass is 10.0. The van der Waals surface area contributed by atoms with E-state index in [1.54, 1.807) is 6.07 Å². The lowest BCUT2D eigenvalue weighted by Crippen LogP contribution is -2.34. The van der Waals surface area contributed by atoms with E-state index in [1.165, 1.54) is 12.1 Å². The van der Waals surface area contributed by atoms with Gasteiger partial charge in [-0.05, 0) is 30.5 Å². The number of likely N-dealkylation sites (tertiary alicyclic amines) is 1. The second-order valence-electron chi connectivity index (χ2n) is 5.13. The highest BCUT2D eigenvalue weighted by Gasteiger charge is 2.30. The molecule has 1 heterocycles. The van der Waals surface area contributed by atoms with Crippen molar-refractivity contribution in [2.24, 2.45) is 5.92 Å². The topological polar surface area (TPSA) is 92.6 Å². The summed E-state index contributed by atoms with van der Waals surface area (Å²) in [5, 5.41) is 20.2. The summed E-state index contributed by atoms with van der Waals surface area (Å²) in [5.41, 5.74) is 7.24. The number of non-ortho nitro benzene ring substituents is 1. The Morgan fingerprint density at radius 2 is 2.32 bits per heavy atom. The summed E-state index contributed by atoms with van der Waals surface area (Å²) < 4.78 is 0. The molecule has 2 rings (SSSR count). The Morgan fingerprint density at radius 1 is 1.58 bits per heavy atom. The van der Waals surface area contributed by atoms with Gasteiger partial charge in [-0.1, -0.05) is 6.92 Å². The van der Waals surface area contributed by atoms with Gasteiger partial charge in [-0.3, -0.25) is 15.0 Å². The number of hydrogen-bond donors (Lipinski definition) is 2. The molecule has 19 heavy (non-hydrogen) atoms. The van der Waals surface area contributed by atoms with Gasteiger partial charge in [0.1, 0.15) is 0 Å². The quantitative estimate of drug-likeness (QED) is 0.487. The minimum atomic E-state index is -0.418. The molecule has 1 aromatic carbocycles. The third-order valence-electron chi connectivity index (χ3n) is 3.90. The molecule has 1 aliphatic heterocycles. The summed E-state index contributed by atoms with van der Waals surface area (Å²) in [5.74, 6) is 0.435. The van der Waals surface area contributed by atoms with Crippen LogP contribution in [0.15, 0.2) is 18.2 Å². The molecule has 0 aromatic heterocycles. The SMILES string of the molecule is CC1CCN(Cc2cc([N+](=O)[O-])ccc2N)C1CO. The van der Waals surface area contributed by atoms with Gasteiger partial charge >= 0.3 is 0 Å². The van der Waals surface area contributed by atoms with Crippen molar-refractivity contribution in [2.75, 3.05) is 18.9 Å². The standard InChI is InChI=1S/C13H19N3O3/c1-9-4-5-15(13(9)8-17)7-10-6-11(16(18)19)2-3-12(10)14/h2-3,6,9,13,17H,4-5,7-8,14H2,1H3. The van der Waals surface area contributed by atoms with Gasteiger partial charge in [-0.25, -0.2) is 0 Å². The summed E-state index contributed by atoms with van der Waals surface area (Å²) in [6.07, 6.45) is 1.03. The van der Waals surface area contributed by atoms with Crippen molar-refractivity contribution in [3.63, 3.8) is 0 Å². The smallest absolute Gasteiger partial charge is 0.269 e. The van der Waals surface area contributed by atoms with E-state index in [-0.39, 0.29) is 18.3 Å². The Kier molecular flexibility index (Phi) is 4.01. The summed E-state index contributed by atoms with van der Waals surface area (Å²) in [4.78, 5) is 12.5. The maximum atomic E-state index is 10.8.